The molecule has 0 atom stereocenters. The standard InChI is InChI=1S/C17H28N4/c1-3-5-15-16(18-10-4-2)19-12-20-17(15)21(14-8-9-14)11-13-6-7-13/h12-14H,3-11H2,1-2H3,(H,18,19,20). The Morgan fingerprint density at radius 1 is 1.14 bits per heavy atom. The summed E-state index contributed by atoms with van der Waals surface area (Å²) in [6.07, 6.45) is 10.5. The van der Waals surface area contributed by atoms with Gasteiger partial charge in [-0.25, -0.2) is 9.97 Å². The van der Waals surface area contributed by atoms with Gasteiger partial charge in [0.2, 0.25) is 0 Å². The third-order valence-electron chi connectivity index (χ3n) is 4.38. The van der Waals surface area contributed by atoms with Gasteiger partial charge in [-0.05, 0) is 44.4 Å². The lowest BCUT2D eigenvalue weighted by molar-refractivity contribution is 0.700. The Bertz CT molecular complexity index is 466. The Morgan fingerprint density at radius 2 is 1.95 bits per heavy atom. The molecule has 0 aromatic carbocycles. The van der Waals surface area contributed by atoms with E-state index in [4.69, 9.17) is 0 Å². The number of rotatable bonds is 9. The average molecular weight is 288 g/mol. The van der Waals surface area contributed by atoms with Crippen molar-refractivity contribution in [3.63, 3.8) is 0 Å². The van der Waals surface area contributed by atoms with Crippen molar-refractivity contribution in [1.29, 1.82) is 0 Å². The van der Waals surface area contributed by atoms with Crippen LogP contribution in [0, 0.1) is 5.92 Å². The van der Waals surface area contributed by atoms with Crippen LogP contribution in [0.2, 0.25) is 0 Å². The molecule has 116 valence electrons. The van der Waals surface area contributed by atoms with Crippen LogP contribution in [0.5, 0.6) is 0 Å². The maximum atomic E-state index is 4.68. The highest BCUT2D eigenvalue weighted by molar-refractivity contribution is 5.60. The van der Waals surface area contributed by atoms with E-state index in [-0.39, 0.29) is 0 Å². The van der Waals surface area contributed by atoms with Crippen LogP contribution in [0.15, 0.2) is 6.33 Å². The Hall–Kier alpha value is -1.32. The van der Waals surface area contributed by atoms with E-state index >= 15 is 0 Å². The van der Waals surface area contributed by atoms with Gasteiger partial charge in [-0.1, -0.05) is 20.3 Å². The molecular weight excluding hydrogens is 260 g/mol. The van der Waals surface area contributed by atoms with E-state index in [0.717, 1.165) is 43.6 Å². The Morgan fingerprint density at radius 3 is 2.57 bits per heavy atom. The van der Waals surface area contributed by atoms with E-state index in [1.807, 2.05) is 0 Å². The van der Waals surface area contributed by atoms with Crippen LogP contribution in [-0.4, -0.2) is 29.1 Å². The minimum Gasteiger partial charge on any atom is -0.370 e. The maximum Gasteiger partial charge on any atom is 0.137 e. The van der Waals surface area contributed by atoms with Crippen molar-refractivity contribution < 1.29 is 0 Å². The largest absolute Gasteiger partial charge is 0.370 e. The number of anilines is 2. The Balaban J connectivity index is 1.86. The van der Waals surface area contributed by atoms with Crippen molar-refractivity contribution in [2.24, 2.45) is 5.92 Å². The molecule has 3 rings (SSSR count). The van der Waals surface area contributed by atoms with E-state index in [1.54, 1.807) is 6.33 Å². The first kappa shape index (κ1) is 14.6. The molecule has 2 saturated carbocycles. The van der Waals surface area contributed by atoms with Gasteiger partial charge in [-0.2, -0.15) is 0 Å². The molecule has 0 unspecified atom stereocenters. The summed E-state index contributed by atoms with van der Waals surface area (Å²) in [5.74, 6) is 3.17. The van der Waals surface area contributed by atoms with Gasteiger partial charge < -0.3 is 10.2 Å². The molecule has 1 aromatic rings. The van der Waals surface area contributed by atoms with Gasteiger partial charge >= 0.3 is 0 Å². The van der Waals surface area contributed by atoms with Gasteiger partial charge in [0.25, 0.3) is 0 Å². The summed E-state index contributed by atoms with van der Waals surface area (Å²) in [6, 6.07) is 0.732. The molecule has 1 N–H and O–H groups in total. The molecule has 0 radical (unpaired) electrons. The first-order valence-electron chi connectivity index (χ1n) is 8.67. The number of aromatic nitrogens is 2. The zero-order valence-corrected chi connectivity index (χ0v) is 13.4. The third-order valence-corrected chi connectivity index (χ3v) is 4.38. The van der Waals surface area contributed by atoms with Crippen LogP contribution in [0.1, 0.15) is 57.9 Å². The van der Waals surface area contributed by atoms with Gasteiger partial charge in [0.05, 0.1) is 0 Å². The Kier molecular flexibility index (Phi) is 4.61. The van der Waals surface area contributed by atoms with E-state index in [1.165, 1.54) is 43.6 Å². The van der Waals surface area contributed by atoms with Gasteiger partial charge in [-0.3, -0.25) is 0 Å². The molecule has 4 nitrogen and oxygen atoms in total. The molecule has 0 spiro atoms. The minimum atomic E-state index is 0.732. The second-order valence-corrected chi connectivity index (χ2v) is 6.53. The molecule has 1 heterocycles. The number of hydrogen-bond donors (Lipinski definition) is 1. The van der Waals surface area contributed by atoms with Crippen LogP contribution in [-0.2, 0) is 6.42 Å². The summed E-state index contributed by atoms with van der Waals surface area (Å²) in [4.78, 5) is 11.8. The van der Waals surface area contributed by atoms with E-state index in [0.29, 0.717) is 0 Å². The number of nitrogens with one attached hydrogen (secondary N) is 1. The summed E-state index contributed by atoms with van der Waals surface area (Å²) < 4.78 is 0. The topological polar surface area (TPSA) is 41.1 Å². The molecule has 2 aliphatic carbocycles. The Labute approximate surface area is 128 Å². The lowest BCUT2D eigenvalue weighted by Gasteiger charge is -2.27. The van der Waals surface area contributed by atoms with Crippen molar-refractivity contribution in [1.82, 2.24) is 9.97 Å². The first-order chi connectivity index (χ1) is 10.3. The fraction of sp³-hybridized carbons (Fsp3) is 0.765. The molecule has 0 bridgehead atoms. The summed E-state index contributed by atoms with van der Waals surface area (Å²) in [6.45, 7) is 6.62. The summed E-state index contributed by atoms with van der Waals surface area (Å²) in [7, 11) is 0. The lowest BCUT2D eigenvalue weighted by Crippen LogP contribution is -2.30. The third kappa shape index (κ3) is 3.66. The predicted octanol–water partition coefficient (Wildman–Crippen LogP) is 3.63. The van der Waals surface area contributed by atoms with E-state index in [2.05, 4.69) is 34.0 Å². The first-order valence-corrected chi connectivity index (χ1v) is 8.67. The van der Waals surface area contributed by atoms with Crippen molar-refractivity contribution >= 4 is 11.6 Å². The summed E-state index contributed by atoms with van der Waals surface area (Å²) in [5, 5.41) is 3.49. The average Bonchev–Trinajstić information content (AvgIpc) is 3.37. The summed E-state index contributed by atoms with van der Waals surface area (Å²) >= 11 is 0. The molecule has 2 fully saturated rings. The second kappa shape index (κ2) is 6.63. The maximum absolute atomic E-state index is 4.68. The van der Waals surface area contributed by atoms with E-state index in [9.17, 15) is 0 Å². The van der Waals surface area contributed by atoms with Gasteiger partial charge in [0.15, 0.2) is 0 Å². The highest BCUT2D eigenvalue weighted by atomic mass is 15.2. The van der Waals surface area contributed by atoms with E-state index < -0.39 is 0 Å². The van der Waals surface area contributed by atoms with Crippen LogP contribution in [0.3, 0.4) is 0 Å². The van der Waals surface area contributed by atoms with Crippen LogP contribution < -0.4 is 10.2 Å². The van der Waals surface area contributed by atoms with Crippen molar-refractivity contribution in [2.45, 2.75) is 64.8 Å². The number of hydrogen-bond acceptors (Lipinski definition) is 4. The molecular formula is C17H28N4. The molecule has 0 saturated heterocycles. The SMILES string of the molecule is CCCNc1ncnc(N(CC2CC2)C2CC2)c1CCC. The molecule has 1 aromatic heterocycles. The number of nitrogens with zero attached hydrogens (tertiary/aromatic N) is 3. The fourth-order valence-electron chi connectivity index (χ4n) is 2.90. The van der Waals surface area contributed by atoms with Crippen molar-refractivity contribution in [3.8, 4) is 0 Å². The molecule has 0 amide bonds. The fourth-order valence-corrected chi connectivity index (χ4v) is 2.90. The second-order valence-electron chi connectivity index (χ2n) is 6.53. The quantitative estimate of drug-likeness (QED) is 0.753. The van der Waals surface area contributed by atoms with Crippen LogP contribution >= 0.6 is 0 Å². The van der Waals surface area contributed by atoms with Crippen LogP contribution in [0.4, 0.5) is 11.6 Å². The predicted molar refractivity (Wildman–Crippen MR) is 87.9 cm³/mol. The zero-order valence-electron chi connectivity index (χ0n) is 13.4. The lowest BCUT2D eigenvalue weighted by atomic mass is 10.1. The zero-order chi connectivity index (χ0) is 14.7. The smallest absolute Gasteiger partial charge is 0.137 e. The monoisotopic (exact) mass is 288 g/mol. The normalized spacial score (nSPS) is 17.8. The van der Waals surface area contributed by atoms with Crippen molar-refractivity contribution in [3.05, 3.63) is 11.9 Å². The molecule has 2 aliphatic rings. The van der Waals surface area contributed by atoms with Gasteiger partial charge in [0, 0.05) is 24.7 Å². The molecule has 21 heavy (non-hydrogen) atoms. The minimum absolute atomic E-state index is 0.732. The van der Waals surface area contributed by atoms with Crippen LogP contribution in [0.25, 0.3) is 0 Å². The van der Waals surface area contributed by atoms with Gasteiger partial charge in [-0.15, -0.1) is 0 Å². The van der Waals surface area contributed by atoms with Gasteiger partial charge in [0.1, 0.15) is 18.0 Å². The summed E-state index contributed by atoms with van der Waals surface area (Å²) in [5.41, 5.74) is 1.33. The molecule has 0 aliphatic heterocycles. The highest BCUT2D eigenvalue weighted by Crippen LogP contribution is 2.39. The molecule has 4 heteroatoms. The van der Waals surface area contributed by atoms with Crippen molar-refractivity contribution in [2.75, 3.05) is 23.3 Å². The highest BCUT2D eigenvalue weighted by Gasteiger charge is 2.35.